The van der Waals surface area contributed by atoms with Gasteiger partial charge in [-0.25, -0.2) is 22.9 Å². The van der Waals surface area contributed by atoms with Crippen LogP contribution in [-0.2, 0) is 4.74 Å². The van der Waals surface area contributed by atoms with E-state index >= 15 is 0 Å². The number of hydrogen-bond donors (Lipinski definition) is 1. The first-order valence-electron chi connectivity index (χ1n) is 5.55. The van der Waals surface area contributed by atoms with Crippen LogP contribution in [0.1, 0.15) is 10.5 Å². The van der Waals surface area contributed by atoms with Gasteiger partial charge in [-0.1, -0.05) is 11.6 Å². The quantitative estimate of drug-likeness (QED) is 0.864. The number of nitrogens with two attached hydrogens (primary N) is 1. The van der Waals surface area contributed by atoms with Gasteiger partial charge in [-0.05, 0) is 18.2 Å². The number of pyridine rings is 1. The summed E-state index contributed by atoms with van der Waals surface area (Å²) in [7, 11) is 1.06. The average molecular weight is 317 g/mol. The van der Waals surface area contributed by atoms with Crippen LogP contribution in [0.3, 0.4) is 0 Å². The predicted octanol–water partition coefficient (Wildman–Crippen LogP) is 3.19. The van der Waals surface area contributed by atoms with Crippen LogP contribution in [0.25, 0.3) is 11.3 Å². The van der Waals surface area contributed by atoms with E-state index in [2.05, 4.69) is 9.72 Å². The molecule has 2 N–H and O–H groups in total. The highest BCUT2D eigenvalue weighted by Crippen LogP contribution is 2.33. The number of nitrogen functional groups attached to an aromatic ring is 1. The number of ether oxygens (including phenoxy) is 1. The number of anilines is 1. The van der Waals surface area contributed by atoms with Gasteiger partial charge in [0.1, 0.15) is 17.3 Å². The van der Waals surface area contributed by atoms with Gasteiger partial charge in [-0.2, -0.15) is 0 Å². The number of rotatable bonds is 2. The number of carbonyl (C=O) groups is 1. The van der Waals surface area contributed by atoms with Gasteiger partial charge in [-0.3, -0.25) is 0 Å². The van der Waals surface area contributed by atoms with Crippen molar-refractivity contribution in [3.63, 3.8) is 0 Å². The first-order valence-corrected chi connectivity index (χ1v) is 5.92. The molecule has 0 amide bonds. The fourth-order valence-corrected chi connectivity index (χ4v) is 1.85. The van der Waals surface area contributed by atoms with Crippen LogP contribution >= 0.6 is 11.6 Å². The molecule has 21 heavy (non-hydrogen) atoms. The van der Waals surface area contributed by atoms with Crippen LogP contribution < -0.4 is 5.73 Å². The molecule has 2 rings (SSSR count). The molecule has 0 atom stereocenters. The van der Waals surface area contributed by atoms with Gasteiger partial charge in [0.05, 0.1) is 17.8 Å². The summed E-state index contributed by atoms with van der Waals surface area (Å²) in [5, 5.41) is -0.458. The molecule has 110 valence electrons. The summed E-state index contributed by atoms with van der Waals surface area (Å²) in [6, 6.07) is 2.39. The zero-order valence-corrected chi connectivity index (χ0v) is 11.3. The molecule has 0 aliphatic carbocycles. The molecular formula is C13H8ClF3N2O2. The standard InChI is InChI=1S/C13H8ClF3N2O2/c1-21-13(20)12-8(14)10(18)9(17)11(19-12)6-4-5(15)2-3-7(6)16/h2-4H,1H3,(H2,18,19). The molecule has 0 spiro atoms. The fraction of sp³-hybridized carbons (Fsp3) is 0.0769. The maximum absolute atomic E-state index is 14.1. The van der Waals surface area contributed by atoms with Gasteiger partial charge in [0.25, 0.3) is 0 Å². The largest absolute Gasteiger partial charge is 0.464 e. The van der Waals surface area contributed by atoms with Crippen molar-refractivity contribution < 1.29 is 22.7 Å². The Labute approximate surface area is 122 Å². The molecule has 4 nitrogen and oxygen atoms in total. The van der Waals surface area contributed by atoms with E-state index in [4.69, 9.17) is 17.3 Å². The molecule has 0 fully saturated rings. The van der Waals surface area contributed by atoms with Crippen LogP contribution in [0, 0.1) is 17.5 Å². The maximum Gasteiger partial charge on any atom is 0.358 e. The third-order valence-corrected chi connectivity index (χ3v) is 3.06. The molecule has 8 heteroatoms. The summed E-state index contributed by atoms with van der Waals surface area (Å²) in [6.07, 6.45) is 0. The van der Waals surface area contributed by atoms with E-state index in [9.17, 15) is 18.0 Å². The van der Waals surface area contributed by atoms with Crippen LogP contribution in [-0.4, -0.2) is 18.1 Å². The van der Waals surface area contributed by atoms with E-state index in [1.165, 1.54) is 0 Å². The number of methoxy groups -OCH3 is 1. The number of nitrogens with zero attached hydrogens (tertiary/aromatic N) is 1. The van der Waals surface area contributed by atoms with Crippen molar-refractivity contribution >= 4 is 23.3 Å². The fourth-order valence-electron chi connectivity index (χ4n) is 1.65. The third-order valence-electron chi connectivity index (χ3n) is 2.67. The summed E-state index contributed by atoms with van der Waals surface area (Å²) >= 11 is 5.71. The second-order valence-electron chi connectivity index (χ2n) is 3.97. The highest BCUT2D eigenvalue weighted by Gasteiger charge is 2.24. The van der Waals surface area contributed by atoms with Crippen molar-refractivity contribution in [2.75, 3.05) is 12.8 Å². The van der Waals surface area contributed by atoms with Gasteiger partial charge in [0.15, 0.2) is 11.5 Å². The Kier molecular flexibility index (Phi) is 4.04. The third kappa shape index (κ3) is 2.64. The smallest absolute Gasteiger partial charge is 0.358 e. The van der Waals surface area contributed by atoms with Gasteiger partial charge < -0.3 is 10.5 Å². The molecule has 1 aromatic carbocycles. The average Bonchev–Trinajstić information content (AvgIpc) is 2.47. The molecule has 0 radical (unpaired) electrons. The van der Waals surface area contributed by atoms with E-state index in [0.29, 0.717) is 0 Å². The van der Waals surface area contributed by atoms with Gasteiger partial charge >= 0.3 is 5.97 Å². The summed E-state index contributed by atoms with van der Waals surface area (Å²) in [4.78, 5) is 15.1. The van der Waals surface area contributed by atoms with Crippen LogP contribution in [0.5, 0.6) is 0 Å². The Hall–Kier alpha value is -2.28. The molecule has 0 saturated heterocycles. The highest BCUT2D eigenvalue weighted by atomic mass is 35.5. The monoisotopic (exact) mass is 316 g/mol. The Morgan fingerprint density at radius 1 is 1.33 bits per heavy atom. The number of esters is 1. The molecule has 0 saturated carbocycles. The molecule has 1 heterocycles. The molecule has 2 aromatic rings. The minimum atomic E-state index is -1.16. The predicted molar refractivity (Wildman–Crippen MR) is 70.3 cm³/mol. The van der Waals surface area contributed by atoms with Crippen molar-refractivity contribution in [2.24, 2.45) is 0 Å². The second-order valence-corrected chi connectivity index (χ2v) is 4.34. The Balaban J connectivity index is 2.77. The zero-order valence-electron chi connectivity index (χ0n) is 10.6. The van der Waals surface area contributed by atoms with E-state index in [0.717, 1.165) is 25.3 Å². The number of aromatic nitrogens is 1. The van der Waals surface area contributed by atoms with Crippen molar-refractivity contribution in [2.45, 2.75) is 0 Å². The van der Waals surface area contributed by atoms with Crippen LogP contribution in [0.15, 0.2) is 18.2 Å². The lowest BCUT2D eigenvalue weighted by atomic mass is 10.1. The number of hydrogen-bond acceptors (Lipinski definition) is 4. The second kappa shape index (κ2) is 5.61. The Bertz CT molecular complexity index is 738. The minimum Gasteiger partial charge on any atom is -0.464 e. The van der Waals surface area contributed by atoms with Gasteiger partial charge in [0.2, 0.25) is 0 Å². The molecule has 0 aliphatic rings. The minimum absolute atomic E-state index is 0.458. The molecule has 1 aromatic heterocycles. The van der Waals surface area contributed by atoms with Crippen LogP contribution in [0.2, 0.25) is 5.02 Å². The van der Waals surface area contributed by atoms with Crippen molar-refractivity contribution in [3.8, 4) is 11.3 Å². The van der Waals surface area contributed by atoms with E-state index in [-0.39, 0.29) is 0 Å². The van der Waals surface area contributed by atoms with E-state index in [1.54, 1.807) is 0 Å². The topological polar surface area (TPSA) is 65.2 Å². The first kappa shape index (κ1) is 15.1. The van der Waals surface area contributed by atoms with Gasteiger partial charge in [0, 0.05) is 5.56 Å². The lowest BCUT2D eigenvalue weighted by Gasteiger charge is -2.11. The molecular weight excluding hydrogens is 309 g/mol. The van der Waals surface area contributed by atoms with Crippen molar-refractivity contribution in [1.82, 2.24) is 4.98 Å². The van der Waals surface area contributed by atoms with Crippen molar-refractivity contribution in [3.05, 3.63) is 46.4 Å². The number of benzene rings is 1. The Morgan fingerprint density at radius 3 is 2.62 bits per heavy atom. The zero-order chi connectivity index (χ0) is 15.7. The normalized spacial score (nSPS) is 10.5. The summed E-state index contributed by atoms with van der Waals surface area (Å²) < 4.78 is 45.4. The number of halogens is 4. The lowest BCUT2D eigenvalue weighted by Crippen LogP contribution is -2.10. The van der Waals surface area contributed by atoms with Crippen LogP contribution in [0.4, 0.5) is 18.9 Å². The lowest BCUT2D eigenvalue weighted by molar-refractivity contribution is 0.0594. The highest BCUT2D eigenvalue weighted by molar-refractivity contribution is 6.35. The first-order chi connectivity index (χ1) is 9.86. The summed E-state index contributed by atoms with van der Waals surface area (Å²) in [5.41, 5.74) is 3.22. The number of carbonyl (C=O) groups excluding carboxylic acids is 1. The summed E-state index contributed by atoms with van der Waals surface area (Å²) in [5.74, 6) is -3.87. The molecule has 0 unspecified atom stereocenters. The SMILES string of the molecule is COC(=O)c1nc(-c2cc(F)ccc2F)c(F)c(N)c1Cl. The van der Waals surface area contributed by atoms with Gasteiger partial charge in [-0.15, -0.1) is 0 Å². The summed E-state index contributed by atoms with van der Waals surface area (Å²) in [6.45, 7) is 0. The maximum atomic E-state index is 14.1. The van der Waals surface area contributed by atoms with E-state index in [1.807, 2.05) is 0 Å². The van der Waals surface area contributed by atoms with E-state index < -0.39 is 51.1 Å². The molecule has 0 bridgehead atoms. The van der Waals surface area contributed by atoms with Crippen molar-refractivity contribution in [1.29, 1.82) is 0 Å². The Morgan fingerprint density at radius 2 is 2.00 bits per heavy atom. The molecule has 0 aliphatic heterocycles.